The Bertz CT molecular complexity index is 1230. The van der Waals surface area contributed by atoms with E-state index in [-0.39, 0.29) is 11.8 Å². The van der Waals surface area contributed by atoms with E-state index in [9.17, 15) is 9.59 Å². The van der Waals surface area contributed by atoms with E-state index in [1.54, 1.807) is 0 Å². The third-order valence-corrected chi connectivity index (χ3v) is 6.67. The summed E-state index contributed by atoms with van der Waals surface area (Å²) in [6.07, 6.45) is 8.06. The lowest BCUT2D eigenvalue weighted by Gasteiger charge is -2.29. The summed E-state index contributed by atoms with van der Waals surface area (Å²) in [6, 6.07) is 7.53. The van der Waals surface area contributed by atoms with Crippen LogP contribution in [-0.2, 0) is 16.1 Å². The Morgan fingerprint density at radius 3 is 2.41 bits per heavy atom. The van der Waals surface area contributed by atoms with Crippen molar-refractivity contribution < 1.29 is 9.59 Å². The molecule has 1 saturated heterocycles. The molecule has 0 aliphatic carbocycles. The van der Waals surface area contributed by atoms with E-state index in [1.165, 1.54) is 19.3 Å². The van der Waals surface area contributed by atoms with Crippen molar-refractivity contribution in [1.82, 2.24) is 29.5 Å². The summed E-state index contributed by atoms with van der Waals surface area (Å²) in [5.74, 6) is 0.331. The molecule has 1 aromatic carbocycles. The summed E-state index contributed by atoms with van der Waals surface area (Å²) in [6.45, 7) is 10.5. The number of anilines is 2. The molecule has 3 heterocycles. The first-order valence-corrected chi connectivity index (χ1v) is 12.9. The fourth-order valence-corrected chi connectivity index (χ4v) is 4.84. The number of benzene rings is 1. The molecule has 37 heavy (non-hydrogen) atoms. The number of carbonyl (C=O) groups excluding carboxylic acids is 2. The van der Waals surface area contributed by atoms with E-state index in [4.69, 9.17) is 10.8 Å². The molecule has 3 N–H and O–H groups in total. The third-order valence-electron chi connectivity index (χ3n) is 6.67. The van der Waals surface area contributed by atoms with Crippen LogP contribution in [0.3, 0.4) is 0 Å². The zero-order chi connectivity index (χ0) is 26.2. The zero-order valence-electron chi connectivity index (χ0n) is 21.5. The predicted octanol–water partition coefficient (Wildman–Crippen LogP) is 3.31. The second kappa shape index (κ2) is 12.4. The molecule has 0 bridgehead atoms. The maximum atomic E-state index is 11.9. The first kappa shape index (κ1) is 26.3. The van der Waals surface area contributed by atoms with Gasteiger partial charge in [0.2, 0.25) is 11.8 Å². The maximum Gasteiger partial charge on any atom is 0.245 e. The lowest BCUT2D eigenvalue weighted by Crippen LogP contribution is -2.39. The van der Waals surface area contributed by atoms with Gasteiger partial charge in [-0.05, 0) is 63.5 Å². The van der Waals surface area contributed by atoms with Crippen LogP contribution in [0.25, 0.3) is 22.3 Å². The SMILES string of the molecule is C=CC(=O)N1CCCN(CCCCCn2nc(-c3ccc(NC(C)=O)cc3)c3c(N)ncnc32)CCC1. The minimum absolute atomic E-state index is 0.0387. The van der Waals surface area contributed by atoms with Gasteiger partial charge in [-0.1, -0.05) is 25.1 Å². The van der Waals surface area contributed by atoms with Gasteiger partial charge in [-0.2, -0.15) is 5.10 Å². The van der Waals surface area contributed by atoms with Crippen LogP contribution in [0.4, 0.5) is 11.5 Å². The van der Waals surface area contributed by atoms with Gasteiger partial charge in [-0.15, -0.1) is 0 Å². The minimum Gasteiger partial charge on any atom is -0.383 e. The van der Waals surface area contributed by atoms with Gasteiger partial charge in [0.15, 0.2) is 5.65 Å². The van der Waals surface area contributed by atoms with Crippen molar-refractivity contribution in [2.45, 2.75) is 45.6 Å². The maximum absolute atomic E-state index is 11.9. The van der Waals surface area contributed by atoms with E-state index in [2.05, 4.69) is 26.8 Å². The average molecular weight is 505 g/mol. The smallest absolute Gasteiger partial charge is 0.245 e. The van der Waals surface area contributed by atoms with Crippen molar-refractivity contribution in [3.05, 3.63) is 43.2 Å². The van der Waals surface area contributed by atoms with Crippen LogP contribution < -0.4 is 11.1 Å². The lowest BCUT2D eigenvalue weighted by atomic mass is 10.1. The molecule has 0 unspecified atom stereocenters. The molecule has 3 aromatic rings. The number of hydrogen-bond acceptors (Lipinski definition) is 7. The molecular weight excluding hydrogens is 468 g/mol. The fraction of sp³-hybridized carbons (Fsp3) is 0.444. The number of nitrogen functional groups attached to an aromatic ring is 1. The monoisotopic (exact) mass is 504 g/mol. The van der Waals surface area contributed by atoms with E-state index in [0.717, 1.165) is 99.4 Å². The van der Waals surface area contributed by atoms with Crippen LogP contribution in [0.1, 0.15) is 39.0 Å². The number of aromatic nitrogens is 4. The Balaban J connectivity index is 1.33. The van der Waals surface area contributed by atoms with Gasteiger partial charge in [-0.25, -0.2) is 14.6 Å². The van der Waals surface area contributed by atoms with Gasteiger partial charge < -0.3 is 20.9 Å². The molecule has 10 nitrogen and oxygen atoms in total. The van der Waals surface area contributed by atoms with Gasteiger partial charge >= 0.3 is 0 Å². The molecule has 2 amide bonds. The fourth-order valence-electron chi connectivity index (χ4n) is 4.84. The first-order chi connectivity index (χ1) is 18.0. The summed E-state index contributed by atoms with van der Waals surface area (Å²) in [5.41, 5.74) is 9.32. The molecule has 1 fully saturated rings. The van der Waals surface area contributed by atoms with E-state index in [0.29, 0.717) is 5.82 Å². The number of nitrogens with zero attached hydrogens (tertiary/aromatic N) is 6. The molecule has 2 aromatic heterocycles. The second-order valence-electron chi connectivity index (χ2n) is 9.43. The summed E-state index contributed by atoms with van der Waals surface area (Å²) in [5, 5.41) is 8.38. The highest BCUT2D eigenvalue weighted by Crippen LogP contribution is 2.31. The van der Waals surface area contributed by atoms with Crippen LogP contribution in [0.2, 0.25) is 0 Å². The molecular formula is C27H36N8O2. The number of amides is 2. The summed E-state index contributed by atoms with van der Waals surface area (Å²) in [7, 11) is 0. The molecule has 10 heteroatoms. The highest BCUT2D eigenvalue weighted by Gasteiger charge is 2.18. The number of fused-ring (bicyclic) bond motifs is 1. The number of unbranched alkanes of at least 4 members (excludes halogenated alkanes) is 2. The second-order valence-corrected chi connectivity index (χ2v) is 9.43. The highest BCUT2D eigenvalue weighted by atomic mass is 16.2. The van der Waals surface area contributed by atoms with Crippen molar-refractivity contribution in [3.63, 3.8) is 0 Å². The van der Waals surface area contributed by atoms with E-state index in [1.807, 2.05) is 33.8 Å². The Labute approximate surface area is 217 Å². The summed E-state index contributed by atoms with van der Waals surface area (Å²) >= 11 is 0. The van der Waals surface area contributed by atoms with Crippen LogP contribution in [0.5, 0.6) is 0 Å². The molecule has 0 atom stereocenters. The van der Waals surface area contributed by atoms with Gasteiger partial charge in [0.05, 0.1) is 5.39 Å². The number of rotatable bonds is 9. The topological polar surface area (TPSA) is 122 Å². The normalized spacial score (nSPS) is 14.8. The van der Waals surface area contributed by atoms with Gasteiger partial charge in [-0.3, -0.25) is 9.59 Å². The van der Waals surface area contributed by atoms with Crippen LogP contribution >= 0.6 is 0 Å². The number of aryl methyl sites for hydroxylation is 1. The van der Waals surface area contributed by atoms with E-state index >= 15 is 0 Å². The Morgan fingerprint density at radius 2 is 1.73 bits per heavy atom. The van der Waals surface area contributed by atoms with Crippen molar-refractivity contribution in [3.8, 4) is 11.3 Å². The standard InChI is InChI=1S/C27H36N8O2/c1-3-23(37)34-16-7-14-33(15-8-17-34)13-5-4-6-18-35-27-24(26(28)29-19-30-27)25(32-35)21-9-11-22(12-10-21)31-20(2)36/h3,9-12,19H,1,4-8,13-18H2,2H3,(H,31,36)(H2,28,29,30). The van der Waals surface area contributed by atoms with Gasteiger partial charge in [0.25, 0.3) is 0 Å². The zero-order valence-corrected chi connectivity index (χ0v) is 21.5. The van der Waals surface area contributed by atoms with Crippen LogP contribution in [0.15, 0.2) is 43.2 Å². The number of carbonyl (C=O) groups is 2. The van der Waals surface area contributed by atoms with Crippen LogP contribution in [0, 0.1) is 0 Å². The van der Waals surface area contributed by atoms with Crippen molar-refractivity contribution in [2.75, 3.05) is 43.8 Å². The van der Waals surface area contributed by atoms with Gasteiger partial charge in [0.1, 0.15) is 17.8 Å². The minimum atomic E-state index is -0.113. The summed E-state index contributed by atoms with van der Waals surface area (Å²) < 4.78 is 1.92. The van der Waals surface area contributed by atoms with Crippen LogP contribution in [-0.4, -0.2) is 74.1 Å². The lowest BCUT2D eigenvalue weighted by molar-refractivity contribution is -0.126. The Kier molecular flexibility index (Phi) is 8.84. The molecule has 1 aliphatic rings. The molecule has 4 rings (SSSR count). The van der Waals surface area contributed by atoms with Crippen molar-refractivity contribution in [2.24, 2.45) is 0 Å². The third kappa shape index (κ3) is 6.71. The molecule has 0 spiro atoms. The number of nitrogens with two attached hydrogens (primary N) is 1. The van der Waals surface area contributed by atoms with E-state index < -0.39 is 0 Å². The predicted molar refractivity (Wildman–Crippen MR) is 146 cm³/mol. The number of nitrogens with one attached hydrogen (secondary N) is 1. The first-order valence-electron chi connectivity index (χ1n) is 12.9. The number of hydrogen-bond donors (Lipinski definition) is 2. The van der Waals surface area contributed by atoms with Gasteiger partial charge in [0, 0.05) is 37.8 Å². The molecule has 0 radical (unpaired) electrons. The largest absolute Gasteiger partial charge is 0.383 e. The average Bonchev–Trinajstić information content (AvgIpc) is 3.24. The Morgan fingerprint density at radius 1 is 1.03 bits per heavy atom. The Hall–Kier alpha value is -3.79. The quantitative estimate of drug-likeness (QED) is 0.339. The molecule has 196 valence electrons. The molecule has 0 saturated carbocycles. The molecule has 1 aliphatic heterocycles. The summed E-state index contributed by atoms with van der Waals surface area (Å²) in [4.78, 5) is 36.3. The van der Waals surface area contributed by atoms with Crippen molar-refractivity contribution >= 4 is 34.4 Å². The van der Waals surface area contributed by atoms with Crippen molar-refractivity contribution in [1.29, 1.82) is 0 Å². The highest BCUT2D eigenvalue weighted by molar-refractivity contribution is 5.98.